The summed E-state index contributed by atoms with van der Waals surface area (Å²) >= 11 is 0. The summed E-state index contributed by atoms with van der Waals surface area (Å²) < 4.78 is 56.2. The predicted molar refractivity (Wildman–Crippen MR) is 306 cm³/mol. The number of ether oxygens (including phenoxy) is 10. The Morgan fingerprint density at radius 1 is 0.457 bits per heavy atom. The number of carboxylic acid groups (broad SMARTS) is 2. The second-order valence-corrected chi connectivity index (χ2v) is 23.1. The molecule has 0 amide bonds. The quantitative estimate of drug-likeness (QED) is 0.0399. The molecule has 6 aliphatic heterocycles. The average Bonchev–Trinajstić information content (AvgIpc) is 0.798. The third kappa shape index (κ3) is 23.7. The first-order valence-electron chi connectivity index (χ1n) is 29.6. The monoisotopic (exact) mass is 1740 g/mol. The minimum atomic E-state index is -1.76. The van der Waals surface area contributed by atoms with E-state index in [-0.39, 0.29) is 85.8 Å². The fourth-order valence-corrected chi connectivity index (χ4v) is 11.2. The van der Waals surface area contributed by atoms with Gasteiger partial charge in [0.1, 0.15) is 122 Å². The molecule has 562 valence electrons. The SMILES string of the molecule is C[C@@H]1OC(CO)[C@@H](O[C@@H]2OC(CO)[C@@H](O[C@@H]3OC(CO)[C@@H](O)[C@H](O)C3N)[C@H](O)C2N)[C@H](O)C1NC(O)CCC(=O)O.N.N.NC1[C@H](O[C@@H]2C(CO)O[C@@H](O[C@@H]3C(CO)O[C@@H](O)C(NC(O)CCC(=O)O)[C@H]3O)C(N)[C@H]2O)OC(CO)[C@@H](O)[C@@H]1O.[NH-]C1CCCCC1[NH-].[Pt+2].[Pt]. The van der Waals surface area contributed by atoms with Crippen molar-refractivity contribution in [1.82, 2.24) is 22.9 Å². The zero-order valence-electron chi connectivity index (χ0n) is 51.3. The Hall–Kier alpha value is -1.16. The van der Waals surface area contributed by atoms with Gasteiger partial charge in [0.25, 0.3) is 0 Å². The molecule has 94 heavy (non-hydrogen) atoms. The van der Waals surface area contributed by atoms with Gasteiger partial charge < -0.3 is 191 Å². The smallest absolute Gasteiger partial charge is 0.676 e. The van der Waals surface area contributed by atoms with E-state index in [1.165, 1.54) is 12.8 Å². The molecule has 6 heterocycles. The molecule has 16 unspecified atom stereocenters. The van der Waals surface area contributed by atoms with E-state index < -0.39 is 254 Å². The van der Waals surface area contributed by atoms with E-state index in [1.807, 2.05) is 0 Å². The van der Waals surface area contributed by atoms with Gasteiger partial charge in [0, 0.05) is 33.9 Å². The van der Waals surface area contributed by atoms with Crippen molar-refractivity contribution in [1.29, 1.82) is 0 Å². The van der Waals surface area contributed by atoms with Gasteiger partial charge in [-0.2, -0.15) is 12.1 Å². The maximum absolute atomic E-state index is 11.1. The molecule has 37 N–H and O–H groups in total. The van der Waals surface area contributed by atoms with Gasteiger partial charge in [0.05, 0.1) is 82.0 Å². The number of aliphatic carboxylic acids is 2. The van der Waals surface area contributed by atoms with Crippen LogP contribution in [0.25, 0.3) is 11.5 Å². The topological polar surface area (TPSA) is 757 Å². The van der Waals surface area contributed by atoms with Crippen molar-refractivity contribution >= 4 is 11.9 Å². The van der Waals surface area contributed by atoms with E-state index in [0.29, 0.717) is 0 Å². The fourth-order valence-electron chi connectivity index (χ4n) is 11.2. The van der Waals surface area contributed by atoms with Gasteiger partial charge >= 0.3 is 33.0 Å². The molecular formula is C51H102N10O31Pt2. The van der Waals surface area contributed by atoms with Gasteiger partial charge in [-0.1, -0.05) is 25.7 Å². The molecule has 7 fully saturated rings. The zero-order valence-corrected chi connectivity index (χ0v) is 55.8. The van der Waals surface area contributed by atoms with Crippen LogP contribution >= 0.6 is 0 Å². The van der Waals surface area contributed by atoms with E-state index in [4.69, 9.17) is 92.0 Å². The van der Waals surface area contributed by atoms with Gasteiger partial charge in [-0.25, -0.2) is 0 Å². The first-order valence-corrected chi connectivity index (χ1v) is 29.6. The largest absolute Gasteiger partial charge is 2.00 e. The van der Waals surface area contributed by atoms with E-state index in [9.17, 15) is 96.4 Å². The Labute approximate surface area is 569 Å². The minimum absolute atomic E-state index is 0. The van der Waals surface area contributed by atoms with Crippen LogP contribution in [0.5, 0.6) is 0 Å². The number of carboxylic acids is 2. The summed E-state index contributed by atoms with van der Waals surface area (Å²) in [7, 11) is 0. The van der Waals surface area contributed by atoms with Crippen LogP contribution in [0.2, 0.25) is 0 Å². The van der Waals surface area contributed by atoms with Crippen molar-refractivity contribution in [3.8, 4) is 0 Å². The van der Waals surface area contributed by atoms with Crippen LogP contribution in [-0.2, 0) is 99.1 Å². The number of hydrogen-bond donors (Lipinski definition) is 27. The second kappa shape index (κ2) is 42.9. The Bertz CT molecular complexity index is 1980. The standard InChI is InChI=1S/C23H43N3O15.C22H41N3O16.C6H12N2.2H3N.2Pt/c1-7-15(26-11(30)2-3-12(31)32)19(36)21(9(5-28)37-7)41-23-14(25)18(35)20(10(6-29)39-23)40-22-13(24)17(34)16(33)8(4-27)38-22;23-11-15(33)14(32)6(3-26)38-21(11)40-18-8(5-28)39-22(12(24)16(18)34)41-19-7(4-27)37-20(36)13(17(19)35)25-9(29)1-2-10(30)31;7-5-3-1-2-4-6(5)8;;;;/h7-11,13-23,26-30,33-36H,2-6,24-25H2,1H3,(H,31,32);6-9,11-22,25-29,32-36H,1-5,23-24H2,(H,30,31);5-8H,1-4H2;2*1H3;;/q;;-2;;;;+2/t7-,8?,9?,10?,11?,13?,14?,15?,16+,17+,18+,19+,20+,21+,22-,23-;6?,7?,8?,9?,11?,12?,13?,14-,15-,16-,17-,18-,19-,20-,21+,22+;;;;;/m01...../s1. The molecule has 1 saturated carbocycles. The molecule has 0 aromatic heterocycles. The van der Waals surface area contributed by atoms with Crippen LogP contribution in [-0.4, -0.2) is 357 Å². The van der Waals surface area contributed by atoms with E-state index in [1.54, 1.807) is 6.92 Å². The van der Waals surface area contributed by atoms with E-state index >= 15 is 0 Å². The van der Waals surface area contributed by atoms with Gasteiger partial charge in [0.2, 0.25) is 0 Å². The third-order valence-corrected chi connectivity index (χ3v) is 16.6. The second-order valence-electron chi connectivity index (χ2n) is 23.1. The van der Waals surface area contributed by atoms with Crippen LogP contribution in [0.3, 0.4) is 0 Å². The minimum Gasteiger partial charge on any atom is -0.676 e. The molecule has 7 aliphatic rings. The van der Waals surface area contributed by atoms with Gasteiger partial charge in [-0.3, -0.25) is 20.2 Å². The van der Waals surface area contributed by atoms with Crippen LogP contribution in [0, 0.1) is 0 Å². The number of hydrogen-bond acceptors (Lipinski definition) is 37. The summed E-state index contributed by atoms with van der Waals surface area (Å²) in [4.78, 5) is 21.6. The van der Waals surface area contributed by atoms with Gasteiger partial charge in [0.15, 0.2) is 31.5 Å². The number of aliphatic hydroxyl groups is 17. The molecule has 0 aromatic rings. The van der Waals surface area contributed by atoms with Crippen molar-refractivity contribution in [2.75, 3.05) is 39.6 Å². The van der Waals surface area contributed by atoms with Crippen molar-refractivity contribution in [2.24, 2.45) is 22.9 Å². The first kappa shape index (κ1) is 90.8. The van der Waals surface area contributed by atoms with Gasteiger partial charge in [-0.05, 0) is 19.8 Å². The van der Waals surface area contributed by atoms with Crippen molar-refractivity contribution in [2.45, 2.75) is 267 Å². The maximum atomic E-state index is 11.1. The van der Waals surface area contributed by atoms with Crippen LogP contribution in [0.15, 0.2) is 0 Å². The summed E-state index contributed by atoms with van der Waals surface area (Å²) in [6.07, 6.45) is -33.9. The van der Waals surface area contributed by atoms with E-state index in [0.717, 1.165) is 12.8 Å². The summed E-state index contributed by atoms with van der Waals surface area (Å²) in [6.45, 7) is -2.65. The fraction of sp³-hybridized carbons (Fsp3) is 0.961. The predicted octanol–water partition coefficient (Wildman–Crippen LogP) is -11.9. The summed E-state index contributed by atoms with van der Waals surface area (Å²) in [5.74, 6) is -2.31. The molecular weight excluding hydrogens is 1640 g/mol. The summed E-state index contributed by atoms with van der Waals surface area (Å²) in [6, 6.07) is -8.00. The van der Waals surface area contributed by atoms with Crippen molar-refractivity contribution in [3.63, 3.8) is 0 Å². The number of carbonyl (C=O) groups is 2. The zero-order chi connectivity index (χ0) is 67.2. The van der Waals surface area contributed by atoms with Gasteiger partial charge in [-0.15, -0.1) is 0 Å². The Kier molecular flexibility index (Phi) is 41.5. The summed E-state index contributed by atoms with van der Waals surface area (Å²) in [5, 5.41) is 196. The molecule has 0 aromatic carbocycles. The Balaban J connectivity index is 0.000000806. The van der Waals surface area contributed by atoms with Crippen LogP contribution < -0.4 is 45.9 Å². The van der Waals surface area contributed by atoms with E-state index in [2.05, 4.69) is 10.6 Å². The normalized spacial score (nSPS) is 43.7. The Morgan fingerprint density at radius 2 is 0.734 bits per heavy atom. The van der Waals surface area contributed by atoms with Crippen LogP contribution in [0.1, 0.15) is 58.3 Å². The number of rotatable bonds is 24. The van der Waals surface area contributed by atoms with Crippen LogP contribution in [0.4, 0.5) is 0 Å². The number of nitrogens with one attached hydrogen (secondary N) is 4. The summed E-state index contributed by atoms with van der Waals surface area (Å²) in [5.41, 5.74) is 38.7. The molecule has 6 saturated heterocycles. The maximum Gasteiger partial charge on any atom is 2.00 e. The molecule has 34 atom stereocenters. The molecule has 41 nitrogen and oxygen atoms in total. The van der Waals surface area contributed by atoms with Crippen molar-refractivity contribution < 1.29 is 196 Å². The molecule has 0 bridgehead atoms. The molecule has 1 aliphatic carbocycles. The Morgan fingerprint density at radius 3 is 1.05 bits per heavy atom. The number of nitrogens with two attached hydrogens (primary N) is 4. The molecule has 7 rings (SSSR count). The molecule has 0 radical (unpaired) electrons. The third-order valence-electron chi connectivity index (χ3n) is 16.6. The van der Waals surface area contributed by atoms with Crippen molar-refractivity contribution in [3.05, 3.63) is 11.5 Å². The molecule has 0 spiro atoms. The average molecular weight is 1740 g/mol. The first-order chi connectivity index (χ1) is 42.5. The molecule has 43 heteroatoms. The number of aliphatic hydroxyl groups excluding tert-OH is 17.